The van der Waals surface area contributed by atoms with Gasteiger partial charge in [0.25, 0.3) is 0 Å². The van der Waals surface area contributed by atoms with Crippen molar-refractivity contribution >= 4 is 39.4 Å². The molecule has 1 rings (SSSR count). The van der Waals surface area contributed by atoms with Gasteiger partial charge in [0.05, 0.1) is 7.11 Å². The maximum absolute atomic E-state index is 12.4. The summed E-state index contributed by atoms with van der Waals surface area (Å²) in [6.07, 6.45) is 0.812. The molecule has 150 valence electrons. The van der Waals surface area contributed by atoms with Gasteiger partial charge in [-0.05, 0) is 36.0 Å². The molecule has 6 nitrogen and oxygen atoms in total. The quantitative estimate of drug-likeness (QED) is 0.570. The van der Waals surface area contributed by atoms with Crippen molar-refractivity contribution in [3.63, 3.8) is 0 Å². The molecule has 0 heterocycles. The largest absolute Gasteiger partial charge is 0.467 e. The van der Waals surface area contributed by atoms with E-state index in [0.29, 0.717) is 12.1 Å². The molecule has 0 saturated heterocycles. The summed E-state index contributed by atoms with van der Waals surface area (Å²) in [6.45, 7) is 7.64. The fourth-order valence-corrected chi connectivity index (χ4v) is 3.18. The Balaban J connectivity index is 2.62. The number of benzene rings is 1. The van der Waals surface area contributed by atoms with Crippen LogP contribution in [0.5, 0.6) is 0 Å². The molecule has 0 fully saturated rings. The van der Waals surface area contributed by atoms with E-state index in [4.69, 9.17) is 4.74 Å². The molecule has 0 saturated carbocycles. The van der Waals surface area contributed by atoms with Gasteiger partial charge in [-0.1, -0.05) is 49.7 Å². The van der Waals surface area contributed by atoms with Crippen molar-refractivity contribution in [3.8, 4) is 0 Å². The Morgan fingerprint density at radius 2 is 1.78 bits per heavy atom. The molecule has 1 aromatic rings. The number of ether oxygens (including phenoxy) is 1. The molecule has 1 unspecified atom stereocenters. The third-order valence-corrected chi connectivity index (χ3v) is 4.41. The summed E-state index contributed by atoms with van der Waals surface area (Å²) in [5, 5.41) is 5.57. The highest BCUT2D eigenvalue weighted by atomic mass is 79.9. The number of esters is 1. The van der Waals surface area contributed by atoms with Crippen LogP contribution in [0.25, 0.3) is 0 Å². The number of anilines is 1. The summed E-state index contributed by atoms with van der Waals surface area (Å²) in [5.41, 5.74) is 0.135. The lowest BCUT2D eigenvalue weighted by molar-refractivity contribution is -0.145. The number of hydrogen-bond donors (Lipinski definition) is 2. The third kappa shape index (κ3) is 9.04. The Kier molecular flexibility index (Phi) is 8.96. The lowest BCUT2D eigenvalue weighted by Gasteiger charge is -2.25. The van der Waals surface area contributed by atoms with Gasteiger partial charge in [-0.2, -0.15) is 0 Å². The molecule has 2 N–H and O–H groups in total. The first kappa shape index (κ1) is 23.1. The Hall–Kier alpha value is -1.89. The molecule has 0 radical (unpaired) electrons. The van der Waals surface area contributed by atoms with Crippen LogP contribution >= 0.6 is 15.9 Å². The second kappa shape index (κ2) is 10.4. The van der Waals surface area contributed by atoms with Crippen LogP contribution in [0.3, 0.4) is 0 Å². The number of amides is 2. The highest BCUT2D eigenvalue weighted by Gasteiger charge is 2.29. The zero-order chi connectivity index (χ0) is 20.6. The average molecular weight is 441 g/mol. The predicted molar refractivity (Wildman–Crippen MR) is 109 cm³/mol. The van der Waals surface area contributed by atoms with Crippen LogP contribution in [0, 0.1) is 11.3 Å². The summed E-state index contributed by atoms with van der Waals surface area (Å²) < 4.78 is 5.64. The second-order valence-electron chi connectivity index (χ2n) is 7.85. The van der Waals surface area contributed by atoms with Crippen molar-refractivity contribution in [2.75, 3.05) is 12.4 Å². The van der Waals surface area contributed by atoms with Gasteiger partial charge >= 0.3 is 5.97 Å². The third-order valence-electron chi connectivity index (χ3n) is 3.91. The maximum Gasteiger partial charge on any atom is 0.328 e. The van der Waals surface area contributed by atoms with E-state index >= 15 is 0 Å². The number of carbonyl (C=O) groups excluding carboxylic acids is 3. The average Bonchev–Trinajstić information content (AvgIpc) is 2.51. The number of carbonyl (C=O) groups is 3. The molecular formula is C20H29BrN2O4. The molecular weight excluding hydrogens is 412 g/mol. The van der Waals surface area contributed by atoms with Gasteiger partial charge in [-0.25, -0.2) is 4.79 Å². The van der Waals surface area contributed by atoms with Crippen LogP contribution in [-0.4, -0.2) is 30.9 Å². The number of methoxy groups -OCH3 is 1. The summed E-state index contributed by atoms with van der Waals surface area (Å²) in [6, 6.07) is 6.65. The first-order valence-electron chi connectivity index (χ1n) is 8.95. The summed E-state index contributed by atoms with van der Waals surface area (Å²) in [4.78, 5) is 36.6. The standard InChI is InChI=1S/C20H29BrN2O4/c1-13(2)9-16(19(26)27-5)23-18(25)12-20(3,4)11-17(24)22-15-8-6-7-14(21)10-15/h6-8,10,13,16H,9,11-12H2,1-5H3,(H,22,24)(H,23,25). The molecule has 0 bridgehead atoms. The Morgan fingerprint density at radius 3 is 2.33 bits per heavy atom. The number of halogens is 1. The van der Waals surface area contributed by atoms with Crippen LogP contribution in [0.2, 0.25) is 0 Å². The van der Waals surface area contributed by atoms with E-state index in [2.05, 4.69) is 26.6 Å². The SMILES string of the molecule is COC(=O)C(CC(C)C)NC(=O)CC(C)(C)CC(=O)Nc1cccc(Br)c1. The van der Waals surface area contributed by atoms with E-state index in [0.717, 1.165) is 4.47 Å². The van der Waals surface area contributed by atoms with E-state index < -0.39 is 17.4 Å². The number of nitrogens with one attached hydrogen (secondary N) is 2. The van der Waals surface area contributed by atoms with Crippen molar-refractivity contribution in [1.82, 2.24) is 5.32 Å². The molecule has 27 heavy (non-hydrogen) atoms. The molecule has 0 aliphatic carbocycles. The minimum absolute atomic E-state index is 0.129. The topological polar surface area (TPSA) is 84.5 Å². The monoisotopic (exact) mass is 440 g/mol. The Labute approximate surface area is 169 Å². The molecule has 0 aliphatic rings. The fraction of sp³-hybridized carbons (Fsp3) is 0.550. The maximum atomic E-state index is 12.4. The molecule has 0 aliphatic heterocycles. The van der Waals surface area contributed by atoms with Gasteiger partial charge in [0.15, 0.2) is 0 Å². The van der Waals surface area contributed by atoms with Crippen LogP contribution in [0.15, 0.2) is 28.7 Å². The predicted octanol–water partition coefficient (Wildman–Crippen LogP) is 3.90. The minimum Gasteiger partial charge on any atom is -0.467 e. The molecule has 7 heteroatoms. The normalized spacial score (nSPS) is 12.4. The first-order chi connectivity index (χ1) is 12.5. The molecule has 1 aromatic carbocycles. The first-order valence-corrected chi connectivity index (χ1v) is 9.74. The van der Waals surface area contributed by atoms with Gasteiger partial charge in [0.1, 0.15) is 6.04 Å². The van der Waals surface area contributed by atoms with Gasteiger partial charge in [0, 0.05) is 23.0 Å². The van der Waals surface area contributed by atoms with Gasteiger partial charge in [0.2, 0.25) is 11.8 Å². The highest BCUT2D eigenvalue weighted by molar-refractivity contribution is 9.10. The van der Waals surface area contributed by atoms with Crippen molar-refractivity contribution < 1.29 is 19.1 Å². The molecule has 2 amide bonds. The number of rotatable bonds is 9. The van der Waals surface area contributed by atoms with Crippen LogP contribution in [0.1, 0.15) is 47.0 Å². The van der Waals surface area contributed by atoms with E-state index in [1.807, 2.05) is 45.9 Å². The highest BCUT2D eigenvalue weighted by Crippen LogP contribution is 2.26. The molecule has 0 aromatic heterocycles. The molecule has 0 spiro atoms. The van der Waals surface area contributed by atoms with Crippen LogP contribution in [0.4, 0.5) is 5.69 Å². The minimum atomic E-state index is -0.672. The van der Waals surface area contributed by atoms with Crippen molar-refractivity contribution in [1.29, 1.82) is 0 Å². The zero-order valence-electron chi connectivity index (χ0n) is 16.6. The number of hydrogen-bond acceptors (Lipinski definition) is 4. The Bertz CT molecular complexity index is 674. The smallest absolute Gasteiger partial charge is 0.328 e. The summed E-state index contributed by atoms with van der Waals surface area (Å²) in [5.74, 6) is -0.662. The molecule has 1 atom stereocenters. The lowest BCUT2D eigenvalue weighted by Crippen LogP contribution is -2.43. The zero-order valence-corrected chi connectivity index (χ0v) is 18.2. The fourth-order valence-electron chi connectivity index (χ4n) is 2.78. The van der Waals surface area contributed by atoms with Crippen molar-refractivity contribution in [3.05, 3.63) is 28.7 Å². The van der Waals surface area contributed by atoms with E-state index in [9.17, 15) is 14.4 Å². The van der Waals surface area contributed by atoms with Gasteiger partial charge in [-0.15, -0.1) is 0 Å². The lowest BCUT2D eigenvalue weighted by atomic mass is 9.84. The van der Waals surface area contributed by atoms with E-state index in [1.165, 1.54) is 7.11 Å². The van der Waals surface area contributed by atoms with E-state index in [-0.39, 0.29) is 30.6 Å². The second-order valence-corrected chi connectivity index (χ2v) is 8.76. The van der Waals surface area contributed by atoms with Crippen LogP contribution in [-0.2, 0) is 19.1 Å². The summed E-state index contributed by atoms with van der Waals surface area (Å²) >= 11 is 3.36. The van der Waals surface area contributed by atoms with Gasteiger partial charge in [-0.3, -0.25) is 9.59 Å². The van der Waals surface area contributed by atoms with Crippen molar-refractivity contribution in [2.24, 2.45) is 11.3 Å². The summed E-state index contributed by atoms with van der Waals surface area (Å²) in [7, 11) is 1.30. The van der Waals surface area contributed by atoms with Gasteiger partial charge < -0.3 is 15.4 Å². The Morgan fingerprint density at radius 1 is 1.15 bits per heavy atom. The van der Waals surface area contributed by atoms with E-state index in [1.54, 1.807) is 6.07 Å². The van der Waals surface area contributed by atoms with Crippen LogP contribution < -0.4 is 10.6 Å². The van der Waals surface area contributed by atoms with Crippen molar-refractivity contribution in [2.45, 2.75) is 53.0 Å².